The van der Waals surface area contributed by atoms with E-state index in [0.29, 0.717) is 23.6 Å². The monoisotopic (exact) mass is 564 g/mol. The fourth-order valence-corrected chi connectivity index (χ4v) is 5.97. The molecule has 0 N–H and O–H groups in total. The lowest BCUT2D eigenvalue weighted by Crippen LogP contribution is -2.50. The maximum Gasteiger partial charge on any atom is 0.274 e. The van der Waals surface area contributed by atoms with Gasteiger partial charge in [-0.25, -0.2) is 0 Å². The van der Waals surface area contributed by atoms with Gasteiger partial charge >= 0.3 is 0 Å². The number of rotatable bonds is 6. The van der Waals surface area contributed by atoms with Crippen LogP contribution in [0.15, 0.2) is 128 Å². The molecule has 0 bridgehead atoms. The summed E-state index contributed by atoms with van der Waals surface area (Å²) < 4.78 is 12.3. The average molecular weight is 565 g/mol. The SMILES string of the molecule is C=C1c2ccccc2N(Cc2ccc(-c3ccc(-c4ccccc4)cc3)cc2)C12C=Cc1cc([N+](=O)[O-])cc(OC)c1O2. The molecule has 0 fully saturated rings. The van der Waals surface area contributed by atoms with Gasteiger partial charge in [-0.15, -0.1) is 0 Å². The van der Waals surface area contributed by atoms with Crippen molar-refractivity contribution in [3.63, 3.8) is 0 Å². The third-order valence-corrected chi connectivity index (χ3v) is 8.22. The summed E-state index contributed by atoms with van der Waals surface area (Å²) in [5.74, 6) is 0.753. The molecule has 1 unspecified atom stereocenters. The average Bonchev–Trinajstić information content (AvgIpc) is 3.27. The standard InChI is InChI=1S/C37H28N2O4/c1-25-33-10-6-7-11-34(33)38(37(25)21-20-31-22-32(39(40)41)23-35(42-2)36(31)43-37)24-26-12-14-28(15-13-26)30-18-16-29(17-19-30)27-8-4-3-5-9-27/h3-23H,1,24H2,2H3. The van der Waals surface area contributed by atoms with Gasteiger partial charge in [0.15, 0.2) is 11.5 Å². The molecular formula is C37H28N2O4. The van der Waals surface area contributed by atoms with E-state index in [1.165, 1.54) is 30.4 Å². The highest BCUT2D eigenvalue weighted by Gasteiger charge is 2.49. The maximum absolute atomic E-state index is 11.5. The number of anilines is 1. The molecule has 2 heterocycles. The van der Waals surface area contributed by atoms with Crippen molar-refractivity contribution >= 4 is 23.0 Å². The first-order valence-corrected chi connectivity index (χ1v) is 14.0. The second-order valence-electron chi connectivity index (χ2n) is 10.7. The predicted octanol–water partition coefficient (Wildman–Crippen LogP) is 8.77. The Balaban J connectivity index is 1.21. The van der Waals surface area contributed by atoms with Crippen LogP contribution in [0.1, 0.15) is 16.7 Å². The molecule has 0 radical (unpaired) electrons. The predicted molar refractivity (Wildman–Crippen MR) is 171 cm³/mol. The number of nitro benzene ring substituents is 1. The molecule has 5 aromatic carbocycles. The number of nitro groups is 1. The first-order valence-electron chi connectivity index (χ1n) is 14.0. The Bertz CT molecular complexity index is 1900. The summed E-state index contributed by atoms with van der Waals surface area (Å²) in [5, 5.41) is 11.5. The Morgan fingerprint density at radius 1 is 0.837 bits per heavy atom. The quantitative estimate of drug-likeness (QED) is 0.152. The van der Waals surface area contributed by atoms with Crippen LogP contribution in [0.4, 0.5) is 11.4 Å². The summed E-state index contributed by atoms with van der Waals surface area (Å²) in [6, 6.07) is 38.6. The molecule has 5 aromatic rings. The van der Waals surface area contributed by atoms with Crippen molar-refractivity contribution in [2.24, 2.45) is 0 Å². The Hall–Kier alpha value is -5.62. The van der Waals surface area contributed by atoms with E-state index >= 15 is 0 Å². The Morgan fingerprint density at radius 3 is 2.09 bits per heavy atom. The summed E-state index contributed by atoms with van der Waals surface area (Å²) in [4.78, 5) is 13.3. The molecule has 0 saturated heterocycles. The highest BCUT2D eigenvalue weighted by Crippen LogP contribution is 2.53. The first-order chi connectivity index (χ1) is 21.0. The Morgan fingerprint density at radius 2 is 1.44 bits per heavy atom. The molecule has 1 spiro atoms. The van der Waals surface area contributed by atoms with Gasteiger partial charge < -0.3 is 14.4 Å². The number of methoxy groups -OCH3 is 1. The van der Waals surface area contributed by atoms with Crippen molar-refractivity contribution in [2.45, 2.75) is 12.3 Å². The van der Waals surface area contributed by atoms with Crippen molar-refractivity contribution in [3.05, 3.63) is 155 Å². The maximum atomic E-state index is 11.5. The molecule has 0 aliphatic carbocycles. The van der Waals surface area contributed by atoms with Crippen LogP contribution in [0.25, 0.3) is 33.9 Å². The van der Waals surface area contributed by atoms with E-state index in [2.05, 4.69) is 90.3 Å². The number of non-ortho nitro benzene ring substituents is 1. The van der Waals surface area contributed by atoms with Gasteiger partial charge in [-0.3, -0.25) is 10.1 Å². The summed E-state index contributed by atoms with van der Waals surface area (Å²) >= 11 is 0. The summed E-state index contributed by atoms with van der Waals surface area (Å²) in [6.45, 7) is 5.01. The molecule has 210 valence electrons. The molecule has 43 heavy (non-hydrogen) atoms. The van der Waals surface area contributed by atoms with Crippen LogP contribution in [0.3, 0.4) is 0 Å². The van der Waals surface area contributed by atoms with Crippen LogP contribution in [0.2, 0.25) is 0 Å². The van der Waals surface area contributed by atoms with E-state index in [0.717, 1.165) is 33.5 Å². The summed E-state index contributed by atoms with van der Waals surface area (Å²) in [7, 11) is 1.49. The van der Waals surface area contributed by atoms with Crippen molar-refractivity contribution < 1.29 is 14.4 Å². The zero-order valence-corrected chi connectivity index (χ0v) is 23.6. The lowest BCUT2D eigenvalue weighted by molar-refractivity contribution is -0.385. The number of nitrogens with zero attached hydrogens (tertiary/aromatic N) is 2. The van der Waals surface area contributed by atoms with E-state index in [-0.39, 0.29) is 5.69 Å². The minimum absolute atomic E-state index is 0.0556. The fraction of sp³-hybridized carbons (Fsp3) is 0.0811. The molecule has 1 atom stereocenters. The minimum atomic E-state index is -1.02. The van der Waals surface area contributed by atoms with Crippen LogP contribution in [0.5, 0.6) is 11.5 Å². The lowest BCUT2D eigenvalue weighted by Gasteiger charge is -2.41. The van der Waals surface area contributed by atoms with Gasteiger partial charge in [0.05, 0.1) is 18.1 Å². The Kier molecular flexibility index (Phi) is 6.32. The minimum Gasteiger partial charge on any atom is -0.493 e. The number of ether oxygens (including phenoxy) is 2. The van der Waals surface area contributed by atoms with Crippen LogP contribution >= 0.6 is 0 Å². The van der Waals surface area contributed by atoms with E-state index in [1.54, 1.807) is 0 Å². The van der Waals surface area contributed by atoms with Gasteiger partial charge in [0.25, 0.3) is 5.69 Å². The first kappa shape index (κ1) is 26.3. The molecule has 6 nitrogen and oxygen atoms in total. The van der Waals surface area contributed by atoms with E-state index < -0.39 is 10.6 Å². The van der Waals surface area contributed by atoms with E-state index in [4.69, 9.17) is 9.47 Å². The summed E-state index contributed by atoms with van der Waals surface area (Å²) in [6.07, 6.45) is 3.80. The zero-order valence-electron chi connectivity index (χ0n) is 23.6. The number of benzene rings is 5. The van der Waals surface area contributed by atoms with E-state index in [1.807, 2.05) is 36.4 Å². The fourth-order valence-electron chi connectivity index (χ4n) is 5.97. The van der Waals surface area contributed by atoms with Crippen molar-refractivity contribution in [3.8, 4) is 33.8 Å². The topological polar surface area (TPSA) is 64.8 Å². The molecule has 0 saturated carbocycles. The zero-order chi connectivity index (χ0) is 29.6. The molecule has 0 amide bonds. The van der Waals surface area contributed by atoms with Crippen molar-refractivity contribution in [1.29, 1.82) is 0 Å². The molecule has 7 rings (SSSR count). The highest BCUT2D eigenvalue weighted by molar-refractivity contribution is 5.93. The highest BCUT2D eigenvalue weighted by atomic mass is 16.6. The second-order valence-corrected chi connectivity index (χ2v) is 10.7. The normalized spacial score (nSPS) is 16.5. The molecule has 2 aliphatic rings. The van der Waals surface area contributed by atoms with Crippen LogP contribution in [0, 0.1) is 10.1 Å². The smallest absolute Gasteiger partial charge is 0.274 e. The number of fused-ring (bicyclic) bond motifs is 2. The third kappa shape index (κ3) is 4.44. The molecular weight excluding hydrogens is 536 g/mol. The number of para-hydroxylation sites is 1. The Labute approximate surface area is 249 Å². The second kappa shape index (κ2) is 10.3. The van der Waals surface area contributed by atoms with Gasteiger partial charge in [0.1, 0.15) is 0 Å². The van der Waals surface area contributed by atoms with Crippen LogP contribution < -0.4 is 14.4 Å². The van der Waals surface area contributed by atoms with Crippen LogP contribution in [-0.2, 0) is 6.54 Å². The van der Waals surface area contributed by atoms with Gasteiger partial charge in [-0.05, 0) is 46.0 Å². The van der Waals surface area contributed by atoms with Gasteiger partial charge in [-0.2, -0.15) is 0 Å². The number of hydrogen-bond donors (Lipinski definition) is 0. The third-order valence-electron chi connectivity index (χ3n) is 8.22. The summed E-state index contributed by atoms with van der Waals surface area (Å²) in [5.41, 5.74) is 8.07. The number of hydrogen-bond acceptors (Lipinski definition) is 5. The molecule has 0 aromatic heterocycles. The van der Waals surface area contributed by atoms with E-state index in [9.17, 15) is 10.1 Å². The van der Waals surface area contributed by atoms with Crippen LogP contribution in [-0.4, -0.2) is 17.8 Å². The van der Waals surface area contributed by atoms with Crippen molar-refractivity contribution in [1.82, 2.24) is 0 Å². The van der Waals surface area contributed by atoms with Gasteiger partial charge in [-0.1, -0.05) is 104 Å². The van der Waals surface area contributed by atoms with Gasteiger partial charge in [0.2, 0.25) is 5.72 Å². The van der Waals surface area contributed by atoms with Gasteiger partial charge in [0, 0.05) is 35.0 Å². The van der Waals surface area contributed by atoms with Crippen molar-refractivity contribution in [2.75, 3.05) is 12.0 Å². The largest absolute Gasteiger partial charge is 0.493 e. The lowest BCUT2D eigenvalue weighted by atomic mass is 9.96. The molecule has 2 aliphatic heterocycles. The molecule has 6 heteroatoms.